The van der Waals surface area contributed by atoms with Crippen LogP contribution >= 0.6 is 0 Å². The zero-order chi connectivity index (χ0) is 22.8. The summed E-state index contributed by atoms with van der Waals surface area (Å²) >= 11 is 0. The minimum absolute atomic E-state index is 0.0281. The highest BCUT2D eigenvalue weighted by molar-refractivity contribution is 5.97. The Morgan fingerprint density at radius 1 is 1.12 bits per heavy atom. The van der Waals surface area contributed by atoms with E-state index in [4.69, 9.17) is 4.74 Å². The Kier molecular flexibility index (Phi) is 5.79. The maximum absolute atomic E-state index is 13.1. The number of nitrogens with one attached hydrogen (secondary N) is 1. The minimum atomic E-state index is 0.0281. The molecule has 0 spiro atoms. The standard InChI is InChI=1S/C26H26N4O3/c1-33-23-8-3-2-7-21(23)24-22-14-20(15-27-25(22)29-28-24)18-5-4-6-19(13-18)26(32)30-11-9-17(16-31)10-12-30/h2-8,13-15,17,31H,9-12,16H2,1H3,(H,27,28,29). The molecule has 1 saturated heterocycles. The molecule has 0 aliphatic carbocycles. The van der Waals surface area contributed by atoms with Crippen LogP contribution in [0.4, 0.5) is 0 Å². The van der Waals surface area contributed by atoms with Crippen LogP contribution in [0, 0.1) is 5.92 Å². The highest BCUT2D eigenvalue weighted by atomic mass is 16.5. The van der Waals surface area contributed by atoms with Gasteiger partial charge in [-0.2, -0.15) is 5.10 Å². The van der Waals surface area contributed by atoms with Crippen molar-refractivity contribution in [3.8, 4) is 28.1 Å². The summed E-state index contributed by atoms with van der Waals surface area (Å²) < 4.78 is 5.52. The van der Waals surface area contributed by atoms with Crippen molar-refractivity contribution in [1.29, 1.82) is 0 Å². The first-order chi connectivity index (χ1) is 16.2. The molecule has 0 atom stereocenters. The number of pyridine rings is 1. The number of carbonyl (C=O) groups excluding carboxylic acids is 1. The van der Waals surface area contributed by atoms with Gasteiger partial charge in [-0.25, -0.2) is 4.98 Å². The van der Waals surface area contributed by atoms with Gasteiger partial charge >= 0.3 is 0 Å². The van der Waals surface area contributed by atoms with E-state index < -0.39 is 0 Å². The Hall–Kier alpha value is -3.71. The van der Waals surface area contributed by atoms with Gasteiger partial charge in [-0.15, -0.1) is 0 Å². The Bertz CT molecular complexity index is 1290. The predicted octanol–water partition coefficient (Wildman–Crippen LogP) is 4.15. The minimum Gasteiger partial charge on any atom is -0.496 e. The molecule has 1 amide bonds. The lowest BCUT2D eigenvalue weighted by Gasteiger charge is -2.31. The van der Waals surface area contributed by atoms with Crippen molar-refractivity contribution in [2.45, 2.75) is 12.8 Å². The summed E-state index contributed by atoms with van der Waals surface area (Å²) in [7, 11) is 1.65. The van der Waals surface area contributed by atoms with E-state index in [1.165, 1.54) is 0 Å². The molecule has 0 radical (unpaired) electrons. The van der Waals surface area contributed by atoms with Crippen LogP contribution in [0.1, 0.15) is 23.2 Å². The number of aliphatic hydroxyl groups excluding tert-OH is 1. The first-order valence-corrected chi connectivity index (χ1v) is 11.2. The maximum Gasteiger partial charge on any atom is 0.253 e. The SMILES string of the molecule is COc1ccccc1-c1[nH]nc2ncc(-c3cccc(C(=O)N4CCC(CO)CC4)c3)cc12. The first-order valence-electron chi connectivity index (χ1n) is 11.2. The van der Waals surface area contributed by atoms with Gasteiger partial charge in [0.05, 0.1) is 12.8 Å². The van der Waals surface area contributed by atoms with Crippen LogP contribution in [0.2, 0.25) is 0 Å². The number of aromatic nitrogens is 3. The molecule has 1 fully saturated rings. The lowest BCUT2D eigenvalue weighted by Crippen LogP contribution is -2.39. The second kappa shape index (κ2) is 9.03. The van der Waals surface area contributed by atoms with Gasteiger partial charge in [0.2, 0.25) is 0 Å². The van der Waals surface area contributed by atoms with Gasteiger partial charge < -0.3 is 14.7 Å². The number of nitrogens with zero attached hydrogens (tertiary/aromatic N) is 3. The smallest absolute Gasteiger partial charge is 0.253 e. The fraction of sp³-hybridized carbons (Fsp3) is 0.269. The molecule has 4 aromatic rings. The molecule has 168 valence electrons. The molecule has 2 aromatic carbocycles. The van der Waals surface area contributed by atoms with Gasteiger partial charge in [0.1, 0.15) is 5.75 Å². The summed E-state index contributed by atoms with van der Waals surface area (Å²) in [6.45, 7) is 1.55. The second-order valence-electron chi connectivity index (χ2n) is 8.39. The van der Waals surface area contributed by atoms with E-state index in [0.29, 0.717) is 30.2 Å². The van der Waals surface area contributed by atoms with Crippen molar-refractivity contribution < 1.29 is 14.6 Å². The molecule has 7 nitrogen and oxygen atoms in total. The Balaban J connectivity index is 1.47. The normalized spacial score (nSPS) is 14.5. The summed E-state index contributed by atoms with van der Waals surface area (Å²) in [6.07, 6.45) is 3.47. The predicted molar refractivity (Wildman–Crippen MR) is 127 cm³/mol. The zero-order valence-electron chi connectivity index (χ0n) is 18.5. The van der Waals surface area contributed by atoms with Crippen molar-refractivity contribution in [2.24, 2.45) is 5.92 Å². The van der Waals surface area contributed by atoms with Gasteiger partial charge in [-0.3, -0.25) is 9.89 Å². The topological polar surface area (TPSA) is 91.3 Å². The van der Waals surface area contributed by atoms with E-state index in [1.807, 2.05) is 59.5 Å². The Morgan fingerprint density at radius 2 is 1.94 bits per heavy atom. The van der Waals surface area contributed by atoms with Crippen molar-refractivity contribution in [3.63, 3.8) is 0 Å². The molecule has 0 saturated carbocycles. The number of ether oxygens (including phenoxy) is 1. The average molecular weight is 443 g/mol. The van der Waals surface area contributed by atoms with Crippen molar-refractivity contribution in [3.05, 3.63) is 66.4 Å². The summed E-state index contributed by atoms with van der Waals surface area (Å²) in [5, 5.41) is 17.7. The van der Waals surface area contributed by atoms with Gasteiger partial charge in [0, 0.05) is 48.0 Å². The van der Waals surface area contributed by atoms with Gasteiger partial charge in [0.25, 0.3) is 5.91 Å². The van der Waals surface area contributed by atoms with Crippen LogP contribution in [-0.2, 0) is 0 Å². The molecule has 0 bridgehead atoms. The highest BCUT2D eigenvalue weighted by Crippen LogP contribution is 2.34. The number of amides is 1. The highest BCUT2D eigenvalue weighted by Gasteiger charge is 2.23. The van der Waals surface area contributed by atoms with Crippen LogP contribution in [0.15, 0.2) is 60.8 Å². The van der Waals surface area contributed by atoms with Crippen LogP contribution in [0.3, 0.4) is 0 Å². The van der Waals surface area contributed by atoms with E-state index in [9.17, 15) is 9.90 Å². The zero-order valence-corrected chi connectivity index (χ0v) is 18.5. The summed E-state index contributed by atoms with van der Waals surface area (Å²) in [6, 6.07) is 17.5. The van der Waals surface area contributed by atoms with Gasteiger partial charge in [0.15, 0.2) is 5.65 Å². The molecular weight excluding hydrogens is 416 g/mol. The third-order valence-corrected chi connectivity index (χ3v) is 6.39. The molecular formula is C26H26N4O3. The first kappa shape index (κ1) is 21.2. The van der Waals surface area contributed by atoms with E-state index in [2.05, 4.69) is 15.2 Å². The fourth-order valence-electron chi connectivity index (χ4n) is 4.45. The summed E-state index contributed by atoms with van der Waals surface area (Å²) in [4.78, 5) is 19.5. The van der Waals surface area contributed by atoms with E-state index in [1.54, 1.807) is 13.3 Å². The molecule has 0 unspecified atom stereocenters. The largest absolute Gasteiger partial charge is 0.496 e. The number of hydrogen-bond acceptors (Lipinski definition) is 5. The number of likely N-dealkylation sites (tertiary alicyclic amines) is 1. The molecule has 7 heteroatoms. The molecule has 2 aromatic heterocycles. The van der Waals surface area contributed by atoms with Gasteiger partial charge in [-0.05, 0) is 54.7 Å². The number of rotatable bonds is 5. The Labute approximate surface area is 192 Å². The number of carbonyl (C=O) groups is 1. The number of fused-ring (bicyclic) bond motifs is 1. The van der Waals surface area contributed by atoms with Gasteiger partial charge in [-0.1, -0.05) is 24.3 Å². The lowest BCUT2D eigenvalue weighted by molar-refractivity contribution is 0.0651. The second-order valence-corrected chi connectivity index (χ2v) is 8.39. The molecule has 2 N–H and O–H groups in total. The van der Waals surface area contributed by atoms with Crippen molar-refractivity contribution >= 4 is 16.9 Å². The number of para-hydroxylation sites is 1. The molecule has 1 aliphatic heterocycles. The quantitative estimate of drug-likeness (QED) is 0.485. The number of methoxy groups -OCH3 is 1. The number of hydrogen-bond donors (Lipinski definition) is 2. The van der Waals surface area contributed by atoms with E-state index >= 15 is 0 Å². The molecule has 5 rings (SSSR count). The van der Waals surface area contributed by atoms with E-state index in [0.717, 1.165) is 46.4 Å². The van der Waals surface area contributed by atoms with Crippen LogP contribution in [0.5, 0.6) is 5.75 Å². The summed E-state index contributed by atoms with van der Waals surface area (Å²) in [5.74, 6) is 1.08. The maximum atomic E-state index is 13.1. The number of benzene rings is 2. The average Bonchev–Trinajstić information content (AvgIpc) is 3.31. The van der Waals surface area contributed by atoms with Crippen LogP contribution in [-0.4, -0.2) is 57.9 Å². The third-order valence-electron chi connectivity index (χ3n) is 6.39. The van der Waals surface area contributed by atoms with Crippen molar-refractivity contribution in [2.75, 3.05) is 26.8 Å². The third kappa shape index (κ3) is 4.07. The van der Waals surface area contributed by atoms with Crippen molar-refractivity contribution in [1.82, 2.24) is 20.1 Å². The van der Waals surface area contributed by atoms with Crippen LogP contribution in [0.25, 0.3) is 33.4 Å². The number of aliphatic hydroxyl groups is 1. The fourth-order valence-corrected chi connectivity index (χ4v) is 4.45. The number of H-pyrrole nitrogens is 1. The monoisotopic (exact) mass is 442 g/mol. The van der Waals surface area contributed by atoms with E-state index in [-0.39, 0.29) is 12.5 Å². The summed E-state index contributed by atoms with van der Waals surface area (Å²) in [5.41, 5.74) is 4.87. The molecule has 3 heterocycles. The molecule has 1 aliphatic rings. The molecule has 33 heavy (non-hydrogen) atoms. The number of piperidine rings is 1. The Morgan fingerprint density at radius 3 is 2.73 bits per heavy atom. The number of aromatic amines is 1. The van der Waals surface area contributed by atoms with Crippen LogP contribution < -0.4 is 4.74 Å². The lowest BCUT2D eigenvalue weighted by atomic mass is 9.97.